The van der Waals surface area contributed by atoms with Crippen LogP contribution in [0.3, 0.4) is 0 Å². The monoisotopic (exact) mass is 420 g/mol. The largest absolute Gasteiger partial charge is 0.322 e. The summed E-state index contributed by atoms with van der Waals surface area (Å²) in [6.45, 7) is 4.72. The van der Waals surface area contributed by atoms with Gasteiger partial charge in [-0.05, 0) is 72.9 Å². The van der Waals surface area contributed by atoms with E-state index in [0.29, 0.717) is 25.1 Å². The van der Waals surface area contributed by atoms with Crippen LogP contribution in [0.15, 0.2) is 71.6 Å². The molecule has 1 amide bonds. The van der Waals surface area contributed by atoms with E-state index in [-0.39, 0.29) is 10.8 Å². The topological polar surface area (TPSA) is 66.5 Å². The molecule has 0 spiro atoms. The summed E-state index contributed by atoms with van der Waals surface area (Å²) >= 11 is 0. The number of rotatable bonds is 4. The number of hydrogen-bond acceptors (Lipinski definition) is 3. The van der Waals surface area contributed by atoms with E-state index in [9.17, 15) is 13.2 Å². The van der Waals surface area contributed by atoms with Gasteiger partial charge >= 0.3 is 0 Å². The van der Waals surface area contributed by atoms with Gasteiger partial charge in [0.1, 0.15) is 0 Å². The van der Waals surface area contributed by atoms with Gasteiger partial charge in [0.2, 0.25) is 10.0 Å². The highest BCUT2D eigenvalue weighted by Crippen LogP contribution is 2.25. The summed E-state index contributed by atoms with van der Waals surface area (Å²) in [4.78, 5) is 12.8. The van der Waals surface area contributed by atoms with Crippen LogP contribution < -0.4 is 5.32 Å². The Labute approximate surface area is 177 Å². The maximum absolute atomic E-state index is 13.1. The zero-order chi connectivity index (χ0) is 21.3. The number of benzene rings is 3. The smallest absolute Gasteiger partial charge is 0.255 e. The number of amides is 1. The van der Waals surface area contributed by atoms with Crippen LogP contribution in [-0.2, 0) is 23.0 Å². The van der Waals surface area contributed by atoms with Gasteiger partial charge in [-0.25, -0.2) is 8.42 Å². The van der Waals surface area contributed by atoms with Crippen molar-refractivity contribution in [2.24, 2.45) is 0 Å². The van der Waals surface area contributed by atoms with E-state index < -0.39 is 10.0 Å². The quantitative estimate of drug-likeness (QED) is 0.684. The van der Waals surface area contributed by atoms with Crippen LogP contribution in [0.5, 0.6) is 0 Å². The van der Waals surface area contributed by atoms with Crippen molar-refractivity contribution in [1.29, 1.82) is 0 Å². The number of hydrogen-bond donors (Lipinski definition) is 1. The second-order valence-electron chi connectivity index (χ2n) is 7.65. The van der Waals surface area contributed by atoms with Gasteiger partial charge in [-0.2, -0.15) is 4.31 Å². The second-order valence-corrected chi connectivity index (χ2v) is 9.59. The second kappa shape index (κ2) is 8.05. The lowest BCUT2D eigenvalue weighted by atomic mass is 10.0. The van der Waals surface area contributed by atoms with Crippen molar-refractivity contribution < 1.29 is 13.2 Å². The van der Waals surface area contributed by atoms with E-state index in [1.165, 1.54) is 22.0 Å². The minimum absolute atomic E-state index is 0.199. The predicted molar refractivity (Wildman–Crippen MR) is 118 cm³/mol. The molecule has 1 aliphatic heterocycles. The van der Waals surface area contributed by atoms with E-state index >= 15 is 0 Å². The van der Waals surface area contributed by atoms with E-state index in [4.69, 9.17) is 0 Å². The number of nitrogens with zero attached hydrogens (tertiary/aromatic N) is 1. The first-order valence-corrected chi connectivity index (χ1v) is 11.3. The molecule has 0 radical (unpaired) electrons. The van der Waals surface area contributed by atoms with Gasteiger partial charge in [-0.3, -0.25) is 4.79 Å². The molecule has 0 aromatic heterocycles. The summed E-state index contributed by atoms with van der Waals surface area (Å²) in [5.74, 6) is -0.264. The van der Waals surface area contributed by atoms with Gasteiger partial charge in [-0.15, -0.1) is 0 Å². The maximum Gasteiger partial charge on any atom is 0.255 e. The fourth-order valence-corrected chi connectivity index (χ4v) is 5.09. The molecule has 0 fully saturated rings. The number of nitrogens with one attached hydrogen (secondary N) is 1. The summed E-state index contributed by atoms with van der Waals surface area (Å²) in [7, 11) is -3.62. The van der Waals surface area contributed by atoms with Crippen LogP contribution >= 0.6 is 0 Å². The molecule has 0 saturated carbocycles. The molecule has 1 N–H and O–H groups in total. The molecular formula is C24H24N2O3S. The van der Waals surface area contributed by atoms with Crippen molar-refractivity contribution in [3.05, 3.63) is 94.5 Å². The summed E-state index contributed by atoms with van der Waals surface area (Å²) in [6.07, 6.45) is 0.700. The van der Waals surface area contributed by atoms with Crippen molar-refractivity contribution in [3.8, 4) is 0 Å². The molecule has 4 rings (SSSR count). The van der Waals surface area contributed by atoms with Crippen LogP contribution in [0.4, 0.5) is 5.69 Å². The van der Waals surface area contributed by atoms with Gasteiger partial charge in [0.25, 0.3) is 5.91 Å². The molecule has 0 saturated heterocycles. The number of sulfonamides is 1. The SMILES string of the molecule is Cc1ccc(C)c(NC(=O)c2ccc(S(=O)(=O)N3CCc4ccccc4C3)cc2)c1. The Morgan fingerprint density at radius 3 is 2.37 bits per heavy atom. The molecule has 3 aromatic rings. The van der Waals surface area contributed by atoms with E-state index in [1.807, 2.05) is 56.3 Å². The molecule has 1 heterocycles. The van der Waals surface area contributed by atoms with Gasteiger partial charge in [-0.1, -0.05) is 36.4 Å². The fraction of sp³-hybridized carbons (Fsp3) is 0.208. The summed E-state index contributed by atoms with van der Waals surface area (Å²) < 4.78 is 27.7. The Morgan fingerprint density at radius 1 is 0.933 bits per heavy atom. The van der Waals surface area contributed by atoms with Crippen LogP contribution in [0.1, 0.15) is 32.6 Å². The van der Waals surface area contributed by atoms with Crippen LogP contribution in [0, 0.1) is 13.8 Å². The van der Waals surface area contributed by atoms with Crippen molar-refractivity contribution >= 4 is 21.6 Å². The van der Waals surface area contributed by atoms with Crippen molar-refractivity contribution in [1.82, 2.24) is 4.31 Å². The third kappa shape index (κ3) is 4.01. The maximum atomic E-state index is 13.1. The number of carbonyl (C=O) groups is 1. The Kier molecular flexibility index (Phi) is 5.45. The van der Waals surface area contributed by atoms with Gasteiger partial charge < -0.3 is 5.32 Å². The average Bonchev–Trinajstić information content (AvgIpc) is 2.76. The van der Waals surface area contributed by atoms with Gasteiger partial charge in [0.05, 0.1) is 4.90 Å². The molecule has 0 unspecified atom stereocenters. The summed E-state index contributed by atoms with van der Waals surface area (Å²) in [5, 5.41) is 2.90. The first kappa shape index (κ1) is 20.3. The van der Waals surface area contributed by atoms with Crippen LogP contribution in [0.25, 0.3) is 0 Å². The van der Waals surface area contributed by atoms with Crippen LogP contribution in [0.2, 0.25) is 0 Å². The first-order chi connectivity index (χ1) is 14.3. The van der Waals surface area contributed by atoms with E-state index in [2.05, 4.69) is 5.32 Å². The zero-order valence-electron chi connectivity index (χ0n) is 17.1. The molecule has 3 aromatic carbocycles. The minimum atomic E-state index is -3.62. The number of carbonyl (C=O) groups excluding carboxylic acids is 1. The van der Waals surface area contributed by atoms with Crippen molar-refractivity contribution in [2.45, 2.75) is 31.7 Å². The molecule has 5 nitrogen and oxygen atoms in total. The van der Waals surface area contributed by atoms with E-state index in [1.54, 1.807) is 12.1 Å². The first-order valence-electron chi connectivity index (χ1n) is 9.90. The number of anilines is 1. The standard InChI is InChI=1S/C24H24N2O3S/c1-17-7-8-18(2)23(15-17)25-24(27)20-9-11-22(12-10-20)30(28,29)26-14-13-19-5-3-4-6-21(19)16-26/h3-12,15H,13-14,16H2,1-2H3,(H,25,27). The molecule has 1 aliphatic rings. The van der Waals surface area contributed by atoms with Crippen molar-refractivity contribution in [2.75, 3.05) is 11.9 Å². The highest BCUT2D eigenvalue weighted by atomic mass is 32.2. The third-order valence-corrected chi connectivity index (χ3v) is 7.35. The Hall–Kier alpha value is -2.96. The Balaban J connectivity index is 1.51. The molecule has 154 valence electrons. The minimum Gasteiger partial charge on any atom is -0.322 e. The average molecular weight is 421 g/mol. The number of aryl methyl sites for hydroxylation is 2. The lowest BCUT2D eigenvalue weighted by Crippen LogP contribution is -2.35. The zero-order valence-corrected chi connectivity index (χ0v) is 17.9. The van der Waals surface area contributed by atoms with Gasteiger partial charge in [0.15, 0.2) is 0 Å². The van der Waals surface area contributed by atoms with Crippen molar-refractivity contribution in [3.63, 3.8) is 0 Å². The van der Waals surface area contributed by atoms with Gasteiger partial charge in [0, 0.05) is 24.3 Å². The molecule has 30 heavy (non-hydrogen) atoms. The molecule has 0 aliphatic carbocycles. The third-order valence-electron chi connectivity index (χ3n) is 5.49. The number of fused-ring (bicyclic) bond motifs is 1. The molecular weight excluding hydrogens is 396 g/mol. The van der Waals surface area contributed by atoms with E-state index in [0.717, 1.165) is 22.4 Å². The highest BCUT2D eigenvalue weighted by molar-refractivity contribution is 7.89. The molecule has 0 atom stereocenters. The summed E-state index contributed by atoms with van der Waals surface area (Å²) in [6, 6.07) is 19.9. The predicted octanol–water partition coefficient (Wildman–Crippen LogP) is 4.30. The Morgan fingerprint density at radius 2 is 1.63 bits per heavy atom. The normalized spacial score (nSPS) is 14.2. The molecule has 0 bridgehead atoms. The lowest BCUT2D eigenvalue weighted by molar-refractivity contribution is 0.102. The Bertz CT molecular complexity index is 1200. The molecule has 6 heteroatoms. The lowest BCUT2D eigenvalue weighted by Gasteiger charge is -2.28. The summed E-state index contributed by atoms with van der Waals surface area (Å²) in [5.41, 5.74) is 5.43. The fourth-order valence-electron chi connectivity index (χ4n) is 3.67. The highest BCUT2D eigenvalue weighted by Gasteiger charge is 2.28. The van der Waals surface area contributed by atoms with Crippen LogP contribution in [-0.4, -0.2) is 25.2 Å².